The van der Waals surface area contributed by atoms with Gasteiger partial charge in [0.05, 0.1) is 5.39 Å². The van der Waals surface area contributed by atoms with Gasteiger partial charge in [0.1, 0.15) is 17.8 Å². The van der Waals surface area contributed by atoms with Crippen molar-refractivity contribution >= 4 is 22.8 Å². The van der Waals surface area contributed by atoms with Crippen LogP contribution >= 0.6 is 0 Å². The minimum Gasteiger partial charge on any atom is -0.396 e. The summed E-state index contributed by atoms with van der Waals surface area (Å²) in [4.78, 5) is 25.7. The Morgan fingerprint density at radius 3 is 3.21 bits per heavy atom. The molecule has 1 atom stereocenters. The van der Waals surface area contributed by atoms with Crippen LogP contribution in [0.5, 0.6) is 0 Å². The molecule has 128 valence electrons. The minimum atomic E-state index is 0.0550. The van der Waals surface area contributed by atoms with Crippen molar-refractivity contribution in [3.8, 4) is 0 Å². The summed E-state index contributed by atoms with van der Waals surface area (Å²) in [6, 6.07) is 0.155. The number of nitrogens with one attached hydrogen (secondary N) is 2. The number of likely N-dealkylation sites (tertiary alicyclic amines) is 1. The number of nitrogens with zero attached hydrogens (tertiary/aromatic N) is 3. The van der Waals surface area contributed by atoms with E-state index in [1.54, 1.807) is 12.2 Å². The molecule has 0 saturated carbocycles. The van der Waals surface area contributed by atoms with Gasteiger partial charge in [-0.15, -0.1) is 0 Å². The normalized spacial score (nSPS) is 18.4. The lowest BCUT2D eigenvalue weighted by Crippen LogP contribution is -2.44. The zero-order chi connectivity index (χ0) is 16.9. The number of carbonyl (C=O) groups is 1. The van der Waals surface area contributed by atoms with Crippen molar-refractivity contribution in [1.29, 1.82) is 0 Å². The Morgan fingerprint density at radius 2 is 2.42 bits per heavy atom. The summed E-state index contributed by atoms with van der Waals surface area (Å²) in [6.45, 7) is 3.38. The summed E-state index contributed by atoms with van der Waals surface area (Å²) >= 11 is 0. The molecule has 0 radical (unpaired) electrons. The first kappa shape index (κ1) is 16.4. The number of carbonyl (C=O) groups excluding carboxylic acids is 1. The van der Waals surface area contributed by atoms with E-state index < -0.39 is 0 Å². The van der Waals surface area contributed by atoms with Crippen LogP contribution in [0.15, 0.2) is 24.7 Å². The summed E-state index contributed by atoms with van der Waals surface area (Å²) < 4.78 is 0. The Bertz CT molecular complexity index is 740. The van der Waals surface area contributed by atoms with E-state index in [9.17, 15) is 9.90 Å². The average molecular weight is 329 g/mol. The molecule has 1 fully saturated rings. The van der Waals surface area contributed by atoms with Crippen LogP contribution in [0.2, 0.25) is 0 Å². The molecule has 1 aliphatic rings. The van der Waals surface area contributed by atoms with E-state index in [4.69, 9.17) is 0 Å². The summed E-state index contributed by atoms with van der Waals surface area (Å²) in [5.74, 6) is 0.814. The number of fused-ring (bicyclic) bond motifs is 1. The molecule has 1 saturated heterocycles. The number of rotatable bonds is 5. The van der Waals surface area contributed by atoms with Crippen molar-refractivity contribution in [3.63, 3.8) is 0 Å². The second-order valence-electron chi connectivity index (χ2n) is 6.00. The zero-order valence-electron chi connectivity index (χ0n) is 13.8. The number of aromatic nitrogens is 3. The third-order valence-corrected chi connectivity index (χ3v) is 4.32. The van der Waals surface area contributed by atoms with Crippen LogP contribution in [0.4, 0.5) is 5.82 Å². The van der Waals surface area contributed by atoms with Gasteiger partial charge in [-0.05, 0) is 37.8 Å². The first-order chi connectivity index (χ1) is 11.7. The Balaban J connectivity index is 1.79. The summed E-state index contributed by atoms with van der Waals surface area (Å²) in [5, 5.41) is 13.6. The quantitative estimate of drug-likeness (QED) is 0.722. The Labute approximate surface area is 140 Å². The fourth-order valence-corrected chi connectivity index (χ4v) is 3.19. The molecule has 7 heteroatoms. The predicted molar refractivity (Wildman–Crippen MR) is 92.7 cm³/mol. The van der Waals surface area contributed by atoms with E-state index in [1.807, 2.05) is 18.0 Å². The Hall–Kier alpha value is -2.41. The number of aliphatic hydroxyl groups is 1. The summed E-state index contributed by atoms with van der Waals surface area (Å²) in [6.07, 6.45) is 9.28. The minimum absolute atomic E-state index is 0.0550. The highest BCUT2D eigenvalue weighted by Gasteiger charge is 2.23. The zero-order valence-corrected chi connectivity index (χ0v) is 13.8. The molecule has 1 aliphatic heterocycles. The lowest BCUT2D eigenvalue weighted by atomic mass is 10.0. The largest absolute Gasteiger partial charge is 0.396 e. The molecule has 2 aromatic heterocycles. The lowest BCUT2D eigenvalue weighted by molar-refractivity contribution is -0.127. The van der Waals surface area contributed by atoms with Crippen LogP contribution in [0, 0.1) is 0 Å². The predicted octanol–water partition coefficient (Wildman–Crippen LogP) is 1.47. The highest BCUT2D eigenvalue weighted by atomic mass is 16.3. The summed E-state index contributed by atoms with van der Waals surface area (Å²) in [5.41, 5.74) is 1.75. The number of allylic oxidation sites excluding steroid dienone is 1. The van der Waals surface area contributed by atoms with Crippen LogP contribution in [-0.4, -0.2) is 56.6 Å². The van der Waals surface area contributed by atoms with Crippen LogP contribution in [0.25, 0.3) is 11.0 Å². The van der Waals surface area contributed by atoms with E-state index in [0.717, 1.165) is 41.8 Å². The average Bonchev–Trinajstić information content (AvgIpc) is 3.00. The van der Waals surface area contributed by atoms with Gasteiger partial charge >= 0.3 is 0 Å². The SMILES string of the molecule is CC=CC(=O)N1CCC[C@@H](Nc2ncnc3[nH]cc(CCO)c23)C1. The molecule has 7 nitrogen and oxygen atoms in total. The van der Waals surface area contributed by atoms with E-state index in [1.165, 1.54) is 6.33 Å². The van der Waals surface area contributed by atoms with Crippen LogP contribution in [0.1, 0.15) is 25.3 Å². The first-order valence-corrected chi connectivity index (χ1v) is 8.33. The summed E-state index contributed by atoms with van der Waals surface area (Å²) in [7, 11) is 0. The molecule has 0 aliphatic carbocycles. The number of anilines is 1. The maximum absolute atomic E-state index is 12.1. The molecule has 3 heterocycles. The van der Waals surface area contributed by atoms with Gasteiger partial charge in [0, 0.05) is 31.9 Å². The van der Waals surface area contributed by atoms with E-state index >= 15 is 0 Å². The van der Waals surface area contributed by atoms with Crippen molar-refractivity contribution in [3.05, 3.63) is 30.2 Å². The third kappa shape index (κ3) is 3.41. The highest BCUT2D eigenvalue weighted by molar-refractivity contribution is 5.90. The maximum Gasteiger partial charge on any atom is 0.246 e. The Kier molecular flexibility index (Phi) is 5.10. The molecule has 2 aromatic rings. The maximum atomic E-state index is 12.1. The number of hydrogen-bond donors (Lipinski definition) is 3. The second kappa shape index (κ2) is 7.44. The van der Waals surface area contributed by atoms with Crippen LogP contribution < -0.4 is 5.32 Å². The van der Waals surface area contributed by atoms with Crippen LogP contribution in [0.3, 0.4) is 0 Å². The van der Waals surface area contributed by atoms with Crippen LogP contribution in [-0.2, 0) is 11.2 Å². The fraction of sp³-hybridized carbons (Fsp3) is 0.471. The molecule has 0 bridgehead atoms. The van der Waals surface area contributed by atoms with Gasteiger partial charge in [0.2, 0.25) is 5.91 Å². The number of piperidine rings is 1. The third-order valence-electron chi connectivity index (χ3n) is 4.32. The van der Waals surface area contributed by atoms with E-state index in [2.05, 4.69) is 20.3 Å². The number of H-pyrrole nitrogens is 1. The number of aromatic amines is 1. The van der Waals surface area contributed by atoms with Crippen molar-refractivity contribution < 1.29 is 9.90 Å². The molecule has 3 rings (SSSR count). The molecular formula is C17H23N5O2. The monoisotopic (exact) mass is 329 g/mol. The fourth-order valence-electron chi connectivity index (χ4n) is 3.19. The first-order valence-electron chi connectivity index (χ1n) is 8.33. The van der Waals surface area contributed by atoms with E-state index in [0.29, 0.717) is 13.0 Å². The van der Waals surface area contributed by atoms with Crippen molar-refractivity contribution in [2.45, 2.75) is 32.2 Å². The van der Waals surface area contributed by atoms with Gasteiger partial charge in [-0.2, -0.15) is 0 Å². The van der Waals surface area contributed by atoms with Gasteiger partial charge < -0.3 is 20.3 Å². The van der Waals surface area contributed by atoms with Gasteiger partial charge in [-0.3, -0.25) is 4.79 Å². The van der Waals surface area contributed by atoms with Gasteiger partial charge in [0.25, 0.3) is 0 Å². The topological polar surface area (TPSA) is 94.1 Å². The molecular weight excluding hydrogens is 306 g/mol. The van der Waals surface area contributed by atoms with Crippen molar-refractivity contribution in [1.82, 2.24) is 19.9 Å². The molecule has 1 amide bonds. The highest BCUT2D eigenvalue weighted by Crippen LogP contribution is 2.25. The number of hydrogen-bond acceptors (Lipinski definition) is 5. The second-order valence-corrected chi connectivity index (χ2v) is 6.00. The van der Waals surface area contributed by atoms with E-state index in [-0.39, 0.29) is 18.6 Å². The van der Waals surface area contributed by atoms with Crippen molar-refractivity contribution in [2.24, 2.45) is 0 Å². The lowest BCUT2D eigenvalue weighted by Gasteiger charge is -2.33. The van der Waals surface area contributed by atoms with Gasteiger partial charge in [-0.25, -0.2) is 9.97 Å². The molecule has 0 unspecified atom stereocenters. The number of aliphatic hydroxyl groups excluding tert-OH is 1. The molecule has 3 N–H and O–H groups in total. The molecule has 0 aromatic carbocycles. The number of amides is 1. The van der Waals surface area contributed by atoms with Gasteiger partial charge in [-0.1, -0.05) is 6.08 Å². The van der Waals surface area contributed by atoms with Gasteiger partial charge in [0.15, 0.2) is 0 Å². The molecule has 24 heavy (non-hydrogen) atoms. The standard InChI is InChI=1S/C17H23N5O2/c1-2-4-14(24)22-7-3-5-13(10-22)21-17-15-12(6-8-23)9-18-16(15)19-11-20-17/h2,4,9,11,13,23H,3,5-8,10H2,1H3,(H2,18,19,20,21)/t13-/m1/s1. The Morgan fingerprint density at radius 1 is 1.54 bits per heavy atom. The smallest absolute Gasteiger partial charge is 0.246 e. The van der Waals surface area contributed by atoms with Crippen molar-refractivity contribution in [2.75, 3.05) is 25.0 Å². The molecule has 0 spiro atoms.